The van der Waals surface area contributed by atoms with Crippen molar-refractivity contribution in [3.8, 4) is 11.5 Å². The monoisotopic (exact) mass is 537 g/mol. The second kappa shape index (κ2) is 11.5. The lowest BCUT2D eigenvalue weighted by Gasteiger charge is -2.30. The average Bonchev–Trinajstić information content (AvgIpc) is 2.84. The molecule has 0 spiro atoms. The van der Waals surface area contributed by atoms with Crippen molar-refractivity contribution in [3.63, 3.8) is 0 Å². The van der Waals surface area contributed by atoms with Crippen molar-refractivity contribution in [3.05, 3.63) is 47.5 Å². The summed E-state index contributed by atoms with van der Waals surface area (Å²) in [4.78, 5) is 8.70. The molecule has 1 aliphatic carbocycles. The Kier molecular flexibility index (Phi) is 8.45. The highest BCUT2D eigenvalue weighted by Gasteiger charge is 2.24. The Balaban J connectivity index is 1.43. The molecule has 3 aromatic rings. The van der Waals surface area contributed by atoms with E-state index in [-0.39, 0.29) is 11.1 Å². The first-order valence-electron chi connectivity index (χ1n) is 11.6. The van der Waals surface area contributed by atoms with Gasteiger partial charge in [0.05, 0.1) is 30.0 Å². The molecule has 4 rings (SSSR count). The van der Waals surface area contributed by atoms with E-state index in [4.69, 9.17) is 21.1 Å². The van der Waals surface area contributed by atoms with Crippen LogP contribution in [0.4, 0.5) is 15.9 Å². The van der Waals surface area contributed by atoms with Crippen LogP contribution in [-0.4, -0.2) is 57.0 Å². The number of benzene rings is 2. The van der Waals surface area contributed by atoms with Crippen LogP contribution in [0.1, 0.15) is 25.7 Å². The smallest absolute Gasteiger partial charge is 0.208 e. The normalized spacial score (nSPS) is 18.2. The largest absolute Gasteiger partial charge is 0.493 e. The van der Waals surface area contributed by atoms with Crippen molar-refractivity contribution in [1.29, 1.82) is 0 Å². The van der Waals surface area contributed by atoms with Crippen molar-refractivity contribution in [2.45, 2.75) is 37.8 Å². The Morgan fingerprint density at radius 1 is 1.08 bits per heavy atom. The second-order valence-electron chi connectivity index (χ2n) is 8.71. The van der Waals surface area contributed by atoms with Crippen LogP contribution >= 0.6 is 11.6 Å². The molecule has 194 valence electrons. The number of methoxy groups -OCH3 is 1. The van der Waals surface area contributed by atoms with E-state index < -0.39 is 15.8 Å². The SMILES string of the molecule is COc1cc2ncnc(Nc3ccc(F)c(Cl)c3)c2cc1OC1CCC(NCCNS(C)(=O)=O)CC1. The van der Waals surface area contributed by atoms with E-state index in [1.807, 2.05) is 6.07 Å². The van der Waals surface area contributed by atoms with E-state index in [1.165, 1.54) is 18.5 Å². The van der Waals surface area contributed by atoms with Crippen LogP contribution in [0.15, 0.2) is 36.7 Å². The minimum Gasteiger partial charge on any atom is -0.493 e. The topological polar surface area (TPSA) is 114 Å². The molecule has 0 atom stereocenters. The highest BCUT2D eigenvalue weighted by molar-refractivity contribution is 7.88. The van der Waals surface area contributed by atoms with E-state index in [2.05, 4.69) is 25.3 Å². The minimum atomic E-state index is -3.17. The van der Waals surface area contributed by atoms with Gasteiger partial charge in [-0.05, 0) is 49.9 Å². The van der Waals surface area contributed by atoms with Crippen molar-refractivity contribution in [2.24, 2.45) is 0 Å². The number of halogens is 2. The number of sulfonamides is 1. The van der Waals surface area contributed by atoms with Crippen LogP contribution in [0, 0.1) is 5.82 Å². The van der Waals surface area contributed by atoms with E-state index in [1.54, 1.807) is 19.2 Å². The summed E-state index contributed by atoms with van der Waals surface area (Å²) in [7, 11) is -1.59. The van der Waals surface area contributed by atoms with Crippen LogP contribution in [0.3, 0.4) is 0 Å². The zero-order chi connectivity index (χ0) is 25.7. The molecule has 9 nitrogen and oxygen atoms in total. The van der Waals surface area contributed by atoms with Crippen LogP contribution < -0.4 is 24.8 Å². The minimum absolute atomic E-state index is 0.0143. The van der Waals surface area contributed by atoms with Crippen LogP contribution in [0.5, 0.6) is 11.5 Å². The second-order valence-corrected chi connectivity index (χ2v) is 10.9. The Morgan fingerprint density at radius 3 is 2.56 bits per heavy atom. The van der Waals surface area contributed by atoms with E-state index >= 15 is 0 Å². The fourth-order valence-corrected chi connectivity index (χ4v) is 4.86. The van der Waals surface area contributed by atoms with Gasteiger partial charge in [0.15, 0.2) is 11.5 Å². The van der Waals surface area contributed by atoms with E-state index in [0.29, 0.717) is 47.7 Å². The molecule has 0 radical (unpaired) electrons. The highest BCUT2D eigenvalue weighted by atomic mass is 35.5. The molecule has 0 bridgehead atoms. The molecular formula is C24H29ClFN5O4S. The number of fused-ring (bicyclic) bond motifs is 1. The van der Waals surface area contributed by atoms with Gasteiger partial charge in [-0.25, -0.2) is 27.5 Å². The van der Waals surface area contributed by atoms with Gasteiger partial charge in [0.25, 0.3) is 0 Å². The molecular weight excluding hydrogens is 509 g/mol. The zero-order valence-corrected chi connectivity index (χ0v) is 21.6. The Bertz CT molecular complexity index is 1320. The van der Waals surface area contributed by atoms with Gasteiger partial charge < -0.3 is 20.1 Å². The molecule has 1 heterocycles. The first-order chi connectivity index (χ1) is 17.2. The van der Waals surface area contributed by atoms with Crippen LogP contribution in [-0.2, 0) is 10.0 Å². The quantitative estimate of drug-likeness (QED) is 0.332. The Morgan fingerprint density at radius 2 is 1.86 bits per heavy atom. The average molecular weight is 538 g/mol. The predicted octanol–water partition coefficient (Wildman–Crippen LogP) is 4.00. The molecule has 0 unspecified atom stereocenters. The van der Waals surface area contributed by atoms with Crippen LogP contribution in [0.2, 0.25) is 5.02 Å². The number of hydrogen-bond acceptors (Lipinski definition) is 8. The summed E-state index contributed by atoms with van der Waals surface area (Å²) in [6.07, 6.45) is 6.14. The van der Waals surface area contributed by atoms with Crippen molar-refractivity contribution >= 4 is 44.0 Å². The third-order valence-electron chi connectivity index (χ3n) is 5.99. The van der Waals surface area contributed by atoms with Crippen molar-refractivity contribution in [1.82, 2.24) is 20.0 Å². The fourth-order valence-electron chi connectivity index (χ4n) is 4.20. The van der Waals surface area contributed by atoms with Crippen LogP contribution in [0.25, 0.3) is 10.9 Å². The molecule has 3 N–H and O–H groups in total. The standard InChI is InChI=1S/C24H29ClFN5O4S/c1-34-22-13-21-18(24(29-14-28-21)31-16-5-8-20(26)19(25)11-16)12-23(22)35-17-6-3-15(4-7-17)27-9-10-30-36(2,32)33/h5,8,11-15,17,27,30H,3-4,6-7,9-10H2,1-2H3,(H,28,29,31). The maximum atomic E-state index is 13.5. The number of aromatic nitrogens is 2. The maximum absolute atomic E-state index is 13.5. The third kappa shape index (κ3) is 6.94. The molecule has 2 aromatic carbocycles. The van der Waals surface area contributed by atoms with Gasteiger partial charge in [-0.2, -0.15) is 0 Å². The van der Waals surface area contributed by atoms with Gasteiger partial charge in [0.1, 0.15) is 18.0 Å². The summed E-state index contributed by atoms with van der Waals surface area (Å²) in [6, 6.07) is 8.34. The molecule has 0 saturated heterocycles. The highest BCUT2D eigenvalue weighted by Crippen LogP contribution is 2.37. The maximum Gasteiger partial charge on any atom is 0.208 e. The van der Waals surface area contributed by atoms with Gasteiger partial charge in [-0.3, -0.25) is 0 Å². The lowest BCUT2D eigenvalue weighted by Crippen LogP contribution is -2.40. The number of ether oxygens (including phenoxy) is 2. The first kappa shape index (κ1) is 26.3. The predicted molar refractivity (Wildman–Crippen MR) is 138 cm³/mol. The fraction of sp³-hybridized carbons (Fsp3) is 0.417. The zero-order valence-electron chi connectivity index (χ0n) is 20.1. The Hall–Kier alpha value is -2.73. The summed E-state index contributed by atoms with van der Waals surface area (Å²) in [5.41, 5.74) is 1.26. The van der Waals surface area contributed by atoms with Gasteiger partial charge in [0.2, 0.25) is 10.0 Å². The molecule has 1 fully saturated rings. The molecule has 1 aromatic heterocycles. The number of anilines is 2. The van der Waals surface area contributed by atoms with Gasteiger partial charge in [-0.1, -0.05) is 11.6 Å². The summed E-state index contributed by atoms with van der Waals surface area (Å²) in [5.74, 6) is 1.20. The lowest BCUT2D eigenvalue weighted by atomic mass is 9.93. The molecule has 36 heavy (non-hydrogen) atoms. The molecule has 1 aliphatic rings. The van der Waals surface area contributed by atoms with Gasteiger partial charge in [-0.15, -0.1) is 0 Å². The third-order valence-corrected chi connectivity index (χ3v) is 7.01. The summed E-state index contributed by atoms with van der Waals surface area (Å²) in [5, 5.41) is 7.31. The van der Waals surface area contributed by atoms with Crippen molar-refractivity contribution < 1.29 is 22.3 Å². The molecule has 0 amide bonds. The number of nitrogens with zero attached hydrogens (tertiary/aromatic N) is 2. The summed E-state index contributed by atoms with van der Waals surface area (Å²) < 4.78 is 50.3. The van der Waals surface area contributed by atoms with Crippen molar-refractivity contribution in [2.75, 3.05) is 31.8 Å². The number of hydrogen-bond donors (Lipinski definition) is 3. The van der Waals surface area contributed by atoms with Gasteiger partial charge >= 0.3 is 0 Å². The van der Waals surface area contributed by atoms with E-state index in [0.717, 1.165) is 37.3 Å². The molecule has 1 saturated carbocycles. The number of rotatable bonds is 10. The lowest BCUT2D eigenvalue weighted by molar-refractivity contribution is 0.135. The van der Waals surface area contributed by atoms with E-state index in [9.17, 15) is 12.8 Å². The number of nitrogens with one attached hydrogen (secondary N) is 3. The molecule has 0 aliphatic heterocycles. The first-order valence-corrected chi connectivity index (χ1v) is 13.9. The summed E-state index contributed by atoms with van der Waals surface area (Å²) in [6.45, 7) is 0.947. The molecule has 12 heteroatoms. The Labute approximate surface area is 214 Å². The van der Waals surface area contributed by atoms with Gasteiger partial charge in [0, 0.05) is 36.3 Å². The summed E-state index contributed by atoms with van der Waals surface area (Å²) >= 11 is 5.92.